The summed E-state index contributed by atoms with van der Waals surface area (Å²) in [5, 5.41) is 4.07. The third-order valence-electron chi connectivity index (χ3n) is 4.28. The molecule has 0 aliphatic heterocycles. The van der Waals surface area contributed by atoms with Crippen molar-refractivity contribution >= 4 is 27.5 Å². The molecule has 3 aromatic heterocycles. The number of aryl methyl sites for hydroxylation is 1. The summed E-state index contributed by atoms with van der Waals surface area (Å²) in [6, 6.07) is 18.2. The largest absolute Gasteiger partial charge is 0.351 e. The van der Waals surface area contributed by atoms with E-state index in [0.717, 1.165) is 28.7 Å². The Bertz CT molecular complexity index is 1010. The number of nitrogens with zero attached hydrogens (tertiary/aromatic N) is 2. The zero-order valence-electron chi connectivity index (χ0n) is 14.3. The minimum absolute atomic E-state index is 0.0373. The first-order chi connectivity index (χ1) is 12.8. The van der Waals surface area contributed by atoms with Gasteiger partial charge in [0.2, 0.25) is 0 Å². The van der Waals surface area contributed by atoms with E-state index in [9.17, 15) is 4.79 Å². The van der Waals surface area contributed by atoms with Gasteiger partial charge >= 0.3 is 0 Å². The minimum atomic E-state index is -0.0373. The van der Waals surface area contributed by atoms with Crippen LogP contribution in [0.25, 0.3) is 15.9 Å². The second-order valence-electron chi connectivity index (χ2n) is 6.07. The van der Waals surface area contributed by atoms with E-state index in [4.69, 9.17) is 0 Å². The van der Waals surface area contributed by atoms with Crippen molar-refractivity contribution in [2.75, 3.05) is 6.54 Å². The number of carbonyl (C=O) groups is 1. The highest BCUT2D eigenvalue weighted by Crippen LogP contribution is 2.32. The summed E-state index contributed by atoms with van der Waals surface area (Å²) in [4.78, 5) is 18.8. The van der Waals surface area contributed by atoms with Crippen molar-refractivity contribution in [3.63, 3.8) is 0 Å². The monoisotopic (exact) mass is 361 g/mol. The molecule has 0 unspecified atom stereocenters. The molecule has 0 fully saturated rings. The van der Waals surface area contributed by atoms with Crippen molar-refractivity contribution < 1.29 is 4.79 Å². The Hall–Kier alpha value is -2.92. The first-order valence-corrected chi connectivity index (χ1v) is 9.47. The summed E-state index contributed by atoms with van der Waals surface area (Å²) in [6.07, 6.45) is 7.55. The highest BCUT2D eigenvalue weighted by atomic mass is 32.1. The molecule has 130 valence electrons. The second kappa shape index (κ2) is 7.54. The number of benzene rings is 1. The summed E-state index contributed by atoms with van der Waals surface area (Å²) >= 11 is 1.44. The van der Waals surface area contributed by atoms with Gasteiger partial charge in [0.25, 0.3) is 5.91 Å². The van der Waals surface area contributed by atoms with Gasteiger partial charge in [0.1, 0.15) is 9.71 Å². The molecule has 0 radical (unpaired) electrons. The number of aromatic nitrogens is 2. The van der Waals surface area contributed by atoms with Crippen molar-refractivity contribution in [1.82, 2.24) is 14.9 Å². The van der Waals surface area contributed by atoms with Gasteiger partial charge in [-0.2, -0.15) is 0 Å². The van der Waals surface area contributed by atoms with Crippen LogP contribution < -0.4 is 5.32 Å². The van der Waals surface area contributed by atoms with Crippen LogP contribution in [0.3, 0.4) is 0 Å². The van der Waals surface area contributed by atoms with Gasteiger partial charge in [-0.1, -0.05) is 30.3 Å². The molecule has 5 heteroatoms. The van der Waals surface area contributed by atoms with Gasteiger partial charge in [0, 0.05) is 30.5 Å². The highest BCUT2D eigenvalue weighted by molar-refractivity contribution is 7.21. The lowest BCUT2D eigenvalue weighted by molar-refractivity contribution is 0.0957. The van der Waals surface area contributed by atoms with Crippen molar-refractivity contribution in [1.29, 1.82) is 0 Å². The number of pyridine rings is 1. The maximum atomic E-state index is 12.8. The van der Waals surface area contributed by atoms with Crippen LogP contribution in [0.1, 0.15) is 21.7 Å². The van der Waals surface area contributed by atoms with Gasteiger partial charge in [-0.3, -0.25) is 4.79 Å². The Morgan fingerprint density at radius 1 is 1.04 bits per heavy atom. The quantitative estimate of drug-likeness (QED) is 0.516. The molecule has 0 saturated heterocycles. The van der Waals surface area contributed by atoms with Crippen molar-refractivity contribution in [3.05, 3.63) is 83.6 Å². The van der Waals surface area contributed by atoms with Crippen LogP contribution in [-0.4, -0.2) is 22.0 Å². The fraction of sp³-hybridized carbons (Fsp3) is 0.143. The number of carbonyl (C=O) groups excluding carboxylic acids is 1. The van der Waals surface area contributed by atoms with E-state index < -0.39 is 0 Å². The topological polar surface area (TPSA) is 46.9 Å². The van der Waals surface area contributed by atoms with Crippen molar-refractivity contribution in [2.24, 2.45) is 0 Å². The van der Waals surface area contributed by atoms with E-state index in [-0.39, 0.29) is 5.91 Å². The molecule has 3 heterocycles. The normalized spacial score (nSPS) is 10.9. The van der Waals surface area contributed by atoms with Crippen molar-refractivity contribution in [2.45, 2.75) is 12.8 Å². The average molecular weight is 361 g/mol. The van der Waals surface area contributed by atoms with Crippen LogP contribution in [-0.2, 0) is 6.42 Å². The Morgan fingerprint density at radius 3 is 2.65 bits per heavy atom. The van der Waals surface area contributed by atoms with Crippen LogP contribution in [0, 0.1) is 0 Å². The average Bonchev–Trinajstić information content (AvgIpc) is 3.33. The van der Waals surface area contributed by atoms with Gasteiger partial charge in [0.15, 0.2) is 0 Å². The van der Waals surface area contributed by atoms with E-state index in [0.29, 0.717) is 11.4 Å². The molecule has 4 rings (SSSR count). The van der Waals surface area contributed by atoms with Gasteiger partial charge in [-0.05, 0) is 42.7 Å². The van der Waals surface area contributed by atoms with Crippen LogP contribution in [0.4, 0.5) is 0 Å². The van der Waals surface area contributed by atoms with Gasteiger partial charge in [0.05, 0.1) is 5.69 Å². The summed E-state index contributed by atoms with van der Waals surface area (Å²) in [7, 11) is 0. The number of rotatable bonds is 6. The Balaban J connectivity index is 1.51. The third kappa shape index (κ3) is 3.39. The van der Waals surface area contributed by atoms with E-state index in [1.54, 1.807) is 6.20 Å². The number of hydrogen-bond donors (Lipinski definition) is 1. The number of amides is 1. The third-order valence-corrected chi connectivity index (χ3v) is 5.38. The number of nitrogens with one attached hydrogen (secondary N) is 1. The molecule has 0 atom stereocenters. The van der Waals surface area contributed by atoms with Gasteiger partial charge < -0.3 is 9.88 Å². The molecule has 0 spiro atoms. The standard InChI is InChI=1S/C21H19N3OS/c25-20(22-12-6-10-16-8-2-1-3-9-16)19-18(24-14-4-5-15-24)17-11-7-13-23-21(17)26-19/h1-5,7-9,11,13-15H,6,10,12H2,(H,22,25). The Labute approximate surface area is 156 Å². The molecule has 0 saturated carbocycles. The molecule has 0 aliphatic rings. The van der Waals surface area contributed by atoms with E-state index in [1.807, 2.05) is 59.4 Å². The summed E-state index contributed by atoms with van der Waals surface area (Å²) in [5.74, 6) is -0.0373. The van der Waals surface area contributed by atoms with Crippen LogP contribution in [0.2, 0.25) is 0 Å². The molecule has 1 amide bonds. The molecule has 0 bridgehead atoms. The Morgan fingerprint density at radius 2 is 1.85 bits per heavy atom. The number of thiophene rings is 1. The highest BCUT2D eigenvalue weighted by Gasteiger charge is 2.19. The molecule has 4 nitrogen and oxygen atoms in total. The first kappa shape index (κ1) is 16.5. The predicted molar refractivity (Wildman–Crippen MR) is 106 cm³/mol. The SMILES string of the molecule is O=C(NCCCc1ccccc1)c1sc2ncccc2c1-n1cccc1. The number of fused-ring (bicyclic) bond motifs is 1. The molecule has 26 heavy (non-hydrogen) atoms. The molecular weight excluding hydrogens is 342 g/mol. The lowest BCUT2D eigenvalue weighted by atomic mass is 10.1. The van der Waals surface area contributed by atoms with E-state index in [2.05, 4.69) is 22.4 Å². The predicted octanol–water partition coefficient (Wildman–Crippen LogP) is 4.45. The Kier molecular flexibility index (Phi) is 4.80. The minimum Gasteiger partial charge on any atom is -0.351 e. The van der Waals surface area contributed by atoms with Crippen LogP contribution in [0.15, 0.2) is 73.2 Å². The molecule has 0 aliphatic carbocycles. The second-order valence-corrected chi connectivity index (χ2v) is 7.07. The summed E-state index contributed by atoms with van der Waals surface area (Å²) in [6.45, 7) is 0.653. The van der Waals surface area contributed by atoms with Crippen molar-refractivity contribution in [3.8, 4) is 5.69 Å². The van der Waals surface area contributed by atoms with E-state index in [1.165, 1.54) is 16.9 Å². The zero-order valence-corrected chi connectivity index (χ0v) is 15.1. The molecule has 1 aromatic carbocycles. The molecular formula is C21H19N3OS. The van der Waals surface area contributed by atoms with Gasteiger partial charge in [-0.25, -0.2) is 4.98 Å². The summed E-state index contributed by atoms with van der Waals surface area (Å²) < 4.78 is 1.99. The fourth-order valence-electron chi connectivity index (χ4n) is 3.03. The van der Waals surface area contributed by atoms with Crippen LogP contribution in [0.5, 0.6) is 0 Å². The fourth-order valence-corrected chi connectivity index (χ4v) is 4.09. The maximum absolute atomic E-state index is 12.8. The summed E-state index contributed by atoms with van der Waals surface area (Å²) in [5.41, 5.74) is 2.20. The van der Waals surface area contributed by atoms with Gasteiger partial charge in [-0.15, -0.1) is 11.3 Å². The lowest BCUT2D eigenvalue weighted by Gasteiger charge is -2.08. The molecule has 4 aromatic rings. The zero-order chi connectivity index (χ0) is 17.8. The first-order valence-electron chi connectivity index (χ1n) is 8.66. The lowest BCUT2D eigenvalue weighted by Crippen LogP contribution is -2.24. The van der Waals surface area contributed by atoms with Crippen LogP contribution >= 0.6 is 11.3 Å². The van der Waals surface area contributed by atoms with E-state index >= 15 is 0 Å². The molecule has 1 N–H and O–H groups in total. The number of hydrogen-bond acceptors (Lipinski definition) is 3. The maximum Gasteiger partial charge on any atom is 0.263 e. The smallest absolute Gasteiger partial charge is 0.263 e.